The molecule has 1 aliphatic carbocycles. The second-order valence-electron chi connectivity index (χ2n) is 4.84. The molecule has 0 radical (unpaired) electrons. The minimum Gasteiger partial charge on any atom is -0.460 e. The normalized spacial score (nSPS) is 15.3. The highest BCUT2D eigenvalue weighted by molar-refractivity contribution is 5.87. The smallest absolute Gasteiger partial charge is 0.376 e. The Morgan fingerprint density at radius 1 is 1.53 bits per heavy atom. The highest BCUT2D eigenvalue weighted by Crippen LogP contribution is 2.33. The fourth-order valence-electron chi connectivity index (χ4n) is 1.77. The van der Waals surface area contributed by atoms with Gasteiger partial charge in [0, 0.05) is 6.42 Å². The summed E-state index contributed by atoms with van der Waals surface area (Å²) in [6.45, 7) is 6.15. The zero-order valence-electron chi connectivity index (χ0n) is 10.7. The Morgan fingerprint density at radius 2 is 2.24 bits per heavy atom. The van der Waals surface area contributed by atoms with Crippen LogP contribution in [-0.2, 0) is 11.2 Å². The van der Waals surface area contributed by atoms with Crippen LogP contribution in [0.4, 0.5) is 0 Å². The number of oxazole rings is 1. The second kappa shape index (κ2) is 4.90. The van der Waals surface area contributed by atoms with Gasteiger partial charge in [-0.05, 0) is 31.6 Å². The summed E-state index contributed by atoms with van der Waals surface area (Å²) < 4.78 is 10.5. The quantitative estimate of drug-likeness (QED) is 0.739. The summed E-state index contributed by atoms with van der Waals surface area (Å²) in [5.41, 5.74) is 0.721. The third-order valence-corrected chi connectivity index (χ3v) is 2.87. The summed E-state index contributed by atoms with van der Waals surface area (Å²) in [4.78, 5) is 16.2. The highest BCUT2D eigenvalue weighted by Gasteiger charge is 2.28. The number of hydrogen-bond donors (Lipinski definition) is 0. The number of aromatic nitrogens is 1. The van der Waals surface area contributed by atoms with Gasteiger partial charge in [-0.15, -0.1) is 0 Å². The van der Waals surface area contributed by atoms with Crippen LogP contribution in [0.3, 0.4) is 0 Å². The van der Waals surface area contributed by atoms with Crippen LogP contribution >= 0.6 is 0 Å². The predicted molar refractivity (Wildman–Crippen MR) is 63.0 cm³/mol. The summed E-state index contributed by atoms with van der Waals surface area (Å²) in [6.07, 6.45) is 3.33. The molecule has 0 aromatic carbocycles. The predicted octanol–water partition coefficient (Wildman–Crippen LogP) is 2.93. The van der Waals surface area contributed by atoms with Gasteiger partial charge in [0.25, 0.3) is 0 Å². The van der Waals surface area contributed by atoms with Crippen molar-refractivity contribution in [1.82, 2.24) is 4.98 Å². The van der Waals surface area contributed by atoms with Crippen molar-refractivity contribution >= 4 is 5.97 Å². The van der Waals surface area contributed by atoms with Gasteiger partial charge in [-0.25, -0.2) is 9.78 Å². The summed E-state index contributed by atoms with van der Waals surface area (Å²) in [6, 6.07) is 0. The third kappa shape index (κ3) is 2.87. The molecular weight excluding hydrogens is 218 g/mol. The molecule has 0 amide bonds. The van der Waals surface area contributed by atoms with Gasteiger partial charge in [0.1, 0.15) is 0 Å². The molecule has 0 N–H and O–H groups in total. The molecule has 0 saturated heterocycles. The molecule has 1 aromatic rings. The fourth-order valence-corrected chi connectivity index (χ4v) is 1.77. The molecule has 2 rings (SSSR count). The molecule has 0 unspecified atom stereocenters. The van der Waals surface area contributed by atoms with E-state index in [1.165, 1.54) is 12.8 Å². The van der Waals surface area contributed by atoms with E-state index in [0.717, 1.165) is 12.1 Å². The van der Waals surface area contributed by atoms with Crippen molar-refractivity contribution < 1.29 is 13.9 Å². The minimum absolute atomic E-state index is 0.172. The molecule has 0 bridgehead atoms. The number of ether oxygens (including phenoxy) is 1. The highest BCUT2D eigenvalue weighted by atomic mass is 16.5. The number of esters is 1. The Labute approximate surface area is 101 Å². The van der Waals surface area contributed by atoms with E-state index in [-0.39, 0.29) is 11.7 Å². The Morgan fingerprint density at radius 3 is 2.76 bits per heavy atom. The van der Waals surface area contributed by atoms with E-state index < -0.39 is 5.97 Å². The van der Waals surface area contributed by atoms with Crippen molar-refractivity contribution in [3.63, 3.8) is 0 Å². The monoisotopic (exact) mass is 237 g/mol. The topological polar surface area (TPSA) is 52.3 Å². The summed E-state index contributed by atoms with van der Waals surface area (Å²) in [5, 5.41) is 0. The van der Waals surface area contributed by atoms with Crippen LogP contribution in [-0.4, -0.2) is 17.6 Å². The van der Waals surface area contributed by atoms with Crippen LogP contribution in [0.15, 0.2) is 4.42 Å². The molecule has 0 spiro atoms. The molecule has 4 heteroatoms. The molecule has 4 nitrogen and oxygen atoms in total. The SMILES string of the molecule is CCOC(=O)c1oc(CC2CC2)nc1C(C)C. The van der Waals surface area contributed by atoms with Crippen LogP contribution in [0.1, 0.15) is 61.7 Å². The Balaban J connectivity index is 2.20. The average Bonchev–Trinajstić information content (AvgIpc) is 2.95. The van der Waals surface area contributed by atoms with Gasteiger partial charge < -0.3 is 9.15 Å². The molecule has 1 heterocycles. The largest absolute Gasteiger partial charge is 0.460 e. The molecular formula is C13H19NO3. The van der Waals surface area contributed by atoms with E-state index in [1.807, 2.05) is 13.8 Å². The zero-order chi connectivity index (χ0) is 12.4. The molecule has 0 aliphatic heterocycles. The van der Waals surface area contributed by atoms with Gasteiger partial charge in [-0.2, -0.15) is 0 Å². The van der Waals surface area contributed by atoms with Crippen molar-refractivity contribution in [2.45, 2.75) is 46.0 Å². The summed E-state index contributed by atoms with van der Waals surface area (Å²) >= 11 is 0. The molecule has 1 aromatic heterocycles. The van der Waals surface area contributed by atoms with Crippen molar-refractivity contribution in [2.24, 2.45) is 5.92 Å². The van der Waals surface area contributed by atoms with Crippen molar-refractivity contribution in [2.75, 3.05) is 6.61 Å². The van der Waals surface area contributed by atoms with Crippen molar-refractivity contribution in [3.8, 4) is 0 Å². The van der Waals surface area contributed by atoms with Crippen LogP contribution in [0.5, 0.6) is 0 Å². The van der Waals surface area contributed by atoms with Gasteiger partial charge in [0.15, 0.2) is 5.89 Å². The van der Waals surface area contributed by atoms with E-state index in [9.17, 15) is 4.79 Å². The van der Waals surface area contributed by atoms with Gasteiger partial charge in [-0.1, -0.05) is 13.8 Å². The standard InChI is InChI=1S/C13H19NO3/c1-4-16-13(15)12-11(8(2)3)14-10(17-12)7-9-5-6-9/h8-9H,4-7H2,1-3H3. The number of carbonyl (C=O) groups is 1. The summed E-state index contributed by atoms with van der Waals surface area (Å²) in [5.74, 6) is 1.44. The first-order chi connectivity index (χ1) is 8.11. The van der Waals surface area contributed by atoms with Crippen LogP contribution in [0.2, 0.25) is 0 Å². The second-order valence-corrected chi connectivity index (χ2v) is 4.84. The van der Waals surface area contributed by atoms with Gasteiger partial charge in [0.05, 0.1) is 12.3 Å². The summed E-state index contributed by atoms with van der Waals surface area (Å²) in [7, 11) is 0. The third-order valence-electron chi connectivity index (χ3n) is 2.87. The number of carbonyl (C=O) groups excluding carboxylic acids is 1. The van der Waals surface area contributed by atoms with Crippen molar-refractivity contribution in [1.29, 1.82) is 0 Å². The van der Waals surface area contributed by atoms with E-state index in [4.69, 9.17) is 9.15 Å². The number of nitrogens with zero attached hydrogens (tertiary/aromatic N) is 1. The lowest BCUT2D eigenvalue weighted by atomic mass is 10.1. The molecule has 1 aliphatic rings. The Bertz CT molecular complexity index is 405. The molecule has 94 valence electrons. The van der Waals surface area contributed by atoms with Crippen LogP contribution in [0.25, 0.3) is 0 Å². The number of rotatable bonds is 5. The first-order valence-corrected chi connectivity index (χ1v) is 6.28. The lowest BCUT2D eigenvalue weighted by molar-refractivity contribution is 0.0485. The lowest BCUT2D eigenvalue weighted by Crippen LogP contribution is -2.07. The first-order valence-electron chi connectivity index (χ1n) is 6.28. The van der Waals surface area contributed by atoms with E-state index in [1.54, 1.807) is 6.92 Å². The van der Waals surface area contributed by atoms with E-state index in [2.05, 4.69) is 4.98 Å². The maximum atomic E-state index is 11.7. The first kappa shape index (κ1) is 12.1. The number of hydrogen-bond acceptors (Lipinski definition) is 4. The van der Waals surface area contributed by atoms with Gasteiger partial charge >= 0.3 is 5.97 Å². The average molecular weight is 237 g/mol. The van der Waals surface area contributed by atoms with Crippen molar-refractivity contribution in [3.05, 3.63) is 17.3 Å². The molecule has 17 heavy (non-hydrogen) atoms. The Hall–Kier alpha value is -1.32. The lowest BCUT2D eigenvalue weighted by Gasteiger charge is -2.02. The van der Waals surface area contributed by atoms with Crippen LogP contribution in [0, 0.1) is 5.92 Å². The van der Waals surface area contributed by atoms with Gasteiger partial charge in [-0.3, -0.25) is 0 Å². The molecule has 1 fully saturated rings. The van der Waals surface area contributed by atoms with Gasteiger partial charge in [0.2, 0.25) is 5.76 Å². The molecule has 1 saturated carbocycles. The maximum absolute atomic E-state index is 11.7. The maximum Gasteiger partial charge on any atom is 0.376 e. The van der Waals surface area contributed by atoms with E-state index >= 15 is 0 Å². The van der Waals surface area contributed by atoms with E-state index in [0.29, 0.717) is 18.4 Å². The Kier molecular flexibility index (Phi) is 3.50. The zero-order valence-corrected chi connectivity index (χ0v) is 10.7. The minimum atomic E-state index is -0.397. The molecule has 0 atom stereocenters. The fraction of sp³-hybridized carbons (Fsp3) is 0.692. The van der Waals surface area contributed by atoms with Crippen LogP contribution < -0.4 is 0 Å².